The molecule has 0 aromatic carbocycles. The van der Waals surface area contributed by atoms with Gasteiger partial charge >= 0.3 is 5.97 Å². The maximum absolute atomic E-state index is 12.2. The normalized spacial score (nSPS) is 14.5. The van der Waals surface area contributed by atoms with Gasteiger partial charge in [0.2, 0.25) is 5.91 Å². The van der Waals surface area contributed by atoms with E-state index >= 15 is 0 Å². The molecule has 1 amide bonds. The van der Waals surface area contributed by atoms with Gasteiger partial charge in [-0.25, -0.2) is 4.79 Å². The van der Waals surface area contributed by atoms with Gasteiger partial charge in [0.05, 0.1) is 6.61 Å². The van der Waals surface area contributed by atoms with Crippen LogP contribution >= 0.6 is 9.39 Å². The molecule has 0 bridgehead atoms. The highest BCUT2D eigenvalue weighted by Gasteiger charge is 2.31. The highest BCUT2D eigenvalue weighted by Crippen LogP contribution is 2.11. The Morgan fingerprint density at radius 1 is 1.36 bits per heavy atom. The van der Waals surface area contributed by atoms with E-state index in [1.165, 1.54) is 20.1 Å². The van der Waals surface area contributed by atoms with Crippen molar-refractivity contribution >= 4 is 27.1 Å². The lowest BCUT2D eigenvalue weighted by Crippen LogP contribution is -2.52. The summed E-state index contributed by atoms with van der Waals surface area (Å²) in [6.07, 6.45) is 1.60. The number of amides is 1. The van der Waals surface area contributed by atoms with E-state index in [9.17, 15) is 14.4 Å². The van der Waals surface area contributed by atoms with E-state index in [2.05, 4.69) is 26.4 Å². The van der Waals surface area contributed by atoms with Crippen LogP contribution < -0.4 is 10.4 Å². The summed E-state index contributed by atoms with van der Waals surface area (Å²) in [4.78, 5) is 35.5. The van der Waals surface area contributed by atoms with Gasteiger partial charge in [0.15, 0.2) is 0 Å². The van der Waals surface area contributed by atoms with Crippen LogP contribution in [0.4, 0.5) is 0 Å². The van der Waals surface area contributed by atoms with E-state index in [-0.39, 0.29) is 31.3 Å². The average Bonchev–Trinajstić information content (AvgIpc) is 2.46. The monoisotopic (exact) mass is 332 g/mol. The van der Waals surface area contributed by atoms with Crippen LogP contribution in [-0.2, 0) is 23.9 Å². The van der Waals surface area contributed by atoms with E-state index in [4.69, 9.17) is 9.47 Å². The predicted molar refractivity (Wildman–Crippen MR) is 86.1 cm³/mol. The van der Waals surface area contributed by atoms with Crippen molar-refractivity contribution in [1.29, 1.82) is 0 Å². The summed E-state index contributed by atoms with van der Waals surface area (Å²) in [6, 6.07) is -1.54. The van der Waals surface area contributed by atoms with E-state index in [0.29, 0.717) is 0 Å². The molecule has 0 aliphatic heterocycles. The molecule has 126 valence electrons. The molecule has 8 heteroatoms. The minimum Gasteiger partial charge on any atom is -0.460 e. The van der Waals surface area contributed by atoms with Gasteiger partial charge in [-0.2, -0.15) is 0 Å². The van der Waals surface area contributed by atoms with Crippen LogP contribution in [0.15, 0.2) is 12.7 Å². The van der Waals surface area contributed by atoms with E-state index in [1.807, 2.05) is 0 Å². The summed E-state index contributed by atoms with van der Waals surface area (Å²) in [5.74, 6) is -1.46. The topological polar surface area (TPSA) is 93.7 Å². The molecule has 4 atom stereocenters. The molecule has 0 aliphatic carbocycles. The second-order valence-electron chi connectivity index (χ2n) is 4.96. The standard InChI is InChI=1S/C14H25N2O5P/c1-5-6-21-14(19)12(9(2)7-10(3)17)15-13(18)11(16-22)8-20-4/h5,9,11-12,16H,1,6-8,22H2,2-4H3,(H,15,18). The molecule has 0 saturated heterocycles. The number of esters is 1. The fourth-order valence-electron chi connectivity index (χ4n) is 1.86. The fourth-order valence-corrected chi connectivity index (χ4v) is 2.10. The number of rotatable bonds is 11. The van der Waals surface area contributed by atoms with Crippen molar-refractivity contribution < 1.29 is 23.9 Å². The Balaban J connectivity index is 4.97. The molecule has 7 nitrogen and oxygen atoms in total. The fraction of sp³-hybridized carbons (Fsp3) is 0.643. The number of methoxy groups -OCH3 is 1. The number of ketones is 1. The maximum atomic E-state index is 12.2. The van der Waals surface area contributed by atoms with Crippen LogP contribution in [0.1, 0.15) is 20.3 Å². The third-order valence-corrected chi connectivity index (χ3v) is 3.33. The minimum atomic E-state index is -0.908. The number of ether oxygens (including phenoxy) is 2. The zero-order valence-electron chi connectivity index (χ0n) is 13.3. The number of nitrogens with one attached hydrogen (secondary N) is 2. The van der Waals surface area contributed by atoms with Gasteiger partial charge in [0.1, 0.15) is 24.5 Å². The van der Waals surface area contributed by atoms with Crippen LogP contribution in [0.25, 0.3) is 0 Å². The van der Waals surface area contributed by atoms with Gasteiger partial charge in [-0.15, -0.1) is 0 Å². The Morgan fingerprint density at radius 3 is 2.45 bits per heavy atom. The smallest absolute Gasteiger partial charge is 0.329 e. The van der Waals surface area contributed by atoms with E-state index in [0.717, 1.165) is 0 Å². The van der Waals surface area contributed by atoms with Crippen molar-refractivity contribution in [3.05, 3.63) is 12.7 Å². The molecule has 22 heavy (non-hydrogen) atoms. The molecule has 0 aliphatic rings. The molecule has 0 spiro atoms. The SMILES string of the molecule is C=CCOC(=O)C(NC(=O)C(COC)NP)C(C)CC(C)=O. The van der Waals surface area contributed by atoms with Gasteiger partial charge in [-0.05, 0) is 12.8 Å². The molecule has 4 unspecified atom stereocenters. The first-order valence-corrected chi connectivity index (χ1v) is 7.47. The quantitative estimate of drug-likeness (QED) is 0.319. The molecule has 0 saturated carbocycles. The molecular weight excluding hydrogens is 307 g/mol. The van der Waals surface area contributed by atoms with E-state index < -0.39 is 24.0 Å². The van der Waals surface area contributed by atoms with Crippen LogP contribution in [0.5, 0.6) is 0 Å². The summed E-state index contributed by atoms with van der Waals surface area (Å²) in [5.41, 5.74) is 0. The van der Waals surface area contributed by atoms with Crippen molar-refractivity contribution in [2.24, 2.45) is 5.92 Å². The van der Waals surface area contributed by atoms with Crippen LogP contribution in [0.2, 0.25) is 0 Å². The Kier molecular flexibility index (Phi) is 10.6. The van der Waals surface area contributed by atoms with Crippen LogP contribution in [-0.4, -0.2) is 50.1 Å². The lowest BCUT2D eigenvalue weighted by Gasteiger charge is -2.25. The van der Waals surface area contributed by atoms with Crippen LogP contribution in [0, 0.1) is 5.92 Å². The summed E-state index contributed by atoms with van der Waals surface area (Å²) >= 11 is 0. The number of carbonyl (C=O) groups is 3. The van der Waals surface area contributed by atoms with Crippen molar-refractivity contribution in [3.8, 4) is 0 Å². The van der Waals surface area contributed by atoms with Gasteiger partial charge in [-0.3, -0.25) is 9.88 Å². The summed E-state index contributed by atoms with van der Waals surface area (Å²) in [5, 5.41) is 5.33. The second kappa shape index (κ2) is 11.3. The zero-order chi connectivity index (χ0) is 17.1. The third-order valence-electron chi connectivity index (χ3n) is 2.92. The summed E-state index contributed by atoms with van der Waals surface area (Å²) in [7, 11) is 3.70. The van der Waals surface area contributed by atoms with Gasteiger partial charge in [0.25, 0.3) is 0 Å². The van der Waals surface area contributed by atoms with Crippen molar-refractivity contribution in [2.45, 2.75) is 32.4 Å². The Hall–Kier alpha value is -1.30. The number of hydrogen-bond donors (Lipinski definition) is 2. The molecule has 2 N–H and O–H groups in total. The number of Topliss-reactive ketones (excluding diaryl/α,β-unsaturated/α-hetero) is 1. The second-order valence-corrected chi connectivity index (χ2v) is 5.30. The molecular formula is C14H25N2O5P. The van der Waals surface area contributed by atoms with Crippen LogP contribution in [0.3, 0.4) is 0 Å². The molecule has 0 radical (unpaired) electrons. The maximum Gasteiger partial charge on any atom is 0.329 e. The lowest BCUT2D eigenvalue weighted by molar-refractivity contribution is -0.148. The summed E-state index contributed by atoms with van der Waals surface area (Å²) < 4.78 is 9.92. The Bertz CT molecular complexity index is 403. The number of carbonyl (C=O) groups excluding carboxylic acids is 3. The molecule has 0 aromatic heterocycles. The molecule has 0 fully saturated rings. The largest absolute Gasteiger partial charge is 0.460 e. The van der Waals surface area contributed by atoms with Crippen molar-refractivity contribution in [1.82, 2.24) is 10.4 Å². The summed E-state index contributed by atoms with van der Waals surface area (Å²) in [6.45, 7) is 6.79. The van der Waals surface area contributed by atoms with E-state index in [1.54, 1.807) is 6.92 Å². The molecule has 0 heterocycles. The van der Waals surface area contributed by atoms with Gasteiger partial charge < -0.3 is 19.6 Å². The average molecular weight is 332 g/mol. The van der Waals surface area contributed by atoms with Crippen molar-refractivity contribution in [2.75, 3.05) is 20.3 Å². The Labute approximate surface area is 133 Å². The zero-order valence-corrected chi connectivity index (χ0v) is 14.4. The lowest BCUT2D eigenvalue weighted by atomic mass is 9.96. The highest BCUT2D eigenvalue weighted by molar-refractivity contribution is 7.13. The first-order chi connectivity index (χ1) is 10.4. The molecule has 0 rings (SSSR count). The van der Waals surface area contributed by atoms with Gasteiger partial charge in [0, 0.05) is 13.5 Å². The highest BCUT2D eigenvalue weighted by atomic mass is 31.0. The third kappa shape index (κ3) is 7.64. The Morgan fingerprint density at radius 2 is 2.00 bits per heavy atom. The van der Waals surface area contributed by atoms with Crippen molar-refractivity contribution in [3.63, 3.8) is 0 Å². The predicted octanol–water partition coefficient (Wildman–Crippen LogP) is 0.210. The minimum absolute atomic E-state index is 0.0430. The first-order valence-electron chi connectivity index (χ1n) is 6.89. The number of hydrogen-bond acceptors (Lipinski definition) is 6. The molecule has 0 aromatic rings. The van der Waals surface area contributed by atoms with Gasteiger partial charge in [-0.1, -0.05) is 29.0 Å². The first kappa shape index (κ1) is 20.7.